The van der Waals surface area contributed by atoms with Crippen molar-refractivity contribution in [3.05, 3.63) is 24.3 Å². The normalized spacial score (nSPS) is 9.10. The monoisotopic (exact) mass is 416 g/mol. The summed E-state index contributed by atoms with van der Waals surface area (Å²) in [6.07, 6.45) is 0. The van der Waals surface area contributed by atoms with Gasteiger partial charge in [0, 0.05) is 5.69 Å². The van der Waals surface area contributed by atoms with E-state index in [1.54, 1.807) is 7.11 Å². The molecule has 0 aliphatic rings. The Kier molecular flexibility index (Phi) is 14.6. The summed E-state index contributed by atoms with van der Waals surface area (Å²) in [5.41, 5.74) is 0.794. The van der Waals surface area contributed by atoms with Gasteiger partial charge in [0.2, 0.25) is 5.91 Å². The van der Waals surface area contributed by atoms with E-state index in [9.17, 15) is 4.79 Å². The molecule has 1 rings (SSSR count). The highest BCUT2D eigenvalue weighted by atomic mass is 16.5. The second-order valence-corrected chi connectivity index (χ2v) is 4.96. The van der Waals surface area contributed by atoms with Crippen LogP contribution in [0.5, 0.6) is 5.75 Å². The lowest BCUT2D eigenvalue weighted by molar-refractivity contribution is -0.159. The number of nitrogens with zero attached hydrogens (tertiary/aromatic N) is 1. The fourth-order valence-corrected chi connectivity index (χ4v) is 1.53. The fraction of sp³-hybridized carbons (Fsp3) is 0.353. The van der Waals surface area contributed by atoms with Gasteiger partial charge in [0.05, 0.1) is 13.7 Å². The van der Waals surface area contributed by atoms with E-state index in [-0.39, 0.29) is 5.91 Å². The average Bonchev–Trinajstić information content (AvgIpc) is 2.67. The molecule has 0 fully saturated rings. The van der Waals surface area contributed by atoms with Crippen molar-refractivity contribution in [1.82, 2.24) is 4.90 Å². The molecule has 12 nitrogen and oxygen atoms in total. The molecule has 0 atom stereocenters. The number of ether oxygens (including phenoxy) is 1. The molecule has 162 valence electrons. The van der Waals surface area contributed by atoms with Crippen molar-refractivity contribution in [2.24, 2.45) is 0 Å². The highest BCUT2D eigenvalue weighted by Gasteiger charge is 2.07. The van der Waals surface area contributed by atoms with E-state index in [0.717, 1.165) is 24.5 Å². The van der Waals surface area contributed by atoms with E-state index in [1.807, 2.05) is 38.1 Å². The Morgan fingerprint density at radius 2 is 1.21 bits per heavy atom. The van der Waals surface area contributed by atoms with Gasteiger partial charge in [-0.25, -0.2) is 19.2 Å². The maximum absolute atomic E-state index is 11.7. The van der Waals surface area contributed by atoms with Crippen LogP contribution in [0.3, 0.4) is 0 Å². The summed E-state index contributed by atoms with van der Waals surface area (Å²) in [5.74, 6) is -6.50. The van der Waals surface area contributed by atoms with Gasteiger partial charge >= 0.3 is 23.9 Å². The van der Waals surface area contributed by atoms with Gasteiger partial charge in [-0.05, 0) is 37.4 Å². The van der Waals surface area contributed by atoms with Gasteiger partial charge < -0.3 is 30.5 Å². The molecule has 0 radical (unpaired) electrons. The summed E-state index contributed by atoms with van der Waals surface area (Å²) in [5, 5.41) is 32.4. The van der Waals surface area contributed by atoms with Gasteiger partial charge in [-0.1, -0.05) is 13.8 Å². The third-order valence-electron chi connectivity index (χ3n) is 3.00. The number of anilines is 1. The number of hydrogen-bond donors (Lipinski definition) is 5. The molecule has 0 saturated heterocycles. The molecular weight excluding hydrogens is 392 g/mol. The van der Waals surface area contributed by atoms with Crippen LogP contribution in [-0.4, -0.2) is 81.9 Å². The van der Waals surface area contributed by atoms with E-state index < -0.39 is 23.9 Å². The van der Waals surface area contributed by atoms with Crippen LogP contribution in [0.4, 0.5) is 5.69 Å². The molecule has 29 heavy (non-hydrogen) atoms. The summed E-state index contributed by atoms with van der Waals surface area (Å²) < 4.78 is 5.05. The SMILES string of the molecule is CCN(CC)CC(=O)Nc1ccc(OC)cc1.O=C(O)C(=O)O.O=C(O)C(=O)O. The Labute approximate surface area is 166 Å². The number of hydrogen-bond acceptors (Lipinski definition) is 7. The van der Waals surface area contributed by atoms with E-state index in [1.165, 1.54) is 0 Å². The number of carboxylic acid groups (broad SMARTS) is 4. The first kappa shape index (κ1) is 27.5. The van der Waals surface area contributed by atoms with Crippen LogP contribution >= 0.6 is 0 Å². The number of methoxy groups -OCH3 is 1. The van der Waals surface area contributed by atoms with Crippen molar-refractivity contribution in [3.8, 4) is 5.75 Å². The van der Waals surface area contributed by atoms with Crippen molar-refractivity contribution in [1.29, 1.82) is 0 Å². The molecule has 12 heteroatoms. The van der Waals surface area contributed by atoms with Crippen LogP contribution in [0.25, 0.3) is 0 Å². The number of rotatable bonds is 6. The maximum atomic E-state index is 11.7. The zero-order chi connectivity index (χ0) is 23.0. The first-order valence-electron chi connectivity index (χ1n) is 8.07. The van der Waals surface area contributed by atoms with Crippen molar-refractivity contribution < 1.29 is 49.1 Å². The molecule has 0 unspecified atom stereocenters. The van der Waals surface area contributed by atoms with Crippen LogP contribution in [-0.2, 0) is 24.0 Å². The predicted molar refractivity (Wildman–Crippen MR) is 100.0 cm³/mol. The largest absolute Gasteiger partial charge is 0.497 e. The highest BCUT2D eigenvalue weighted by molar-refractivity contribution is 6.27. The number of likely N-dealkylation sites (N-methyl/N-ethyl adjacent to an activating group) is 1. The number of nitrogens with one attached hydrogen (secondary N) is 1. The lowest BCUT2D eigenvalue weighted by Gasteiger charge is -2.17. The smallest absolute Gasteiger partial charge is 0.414 e. The van der Waals surface area contributed by atoms with E-state index in [2.05, 4.69) is 10.2 Å². The minimum Gasteiger partial charge on any atom is -0.497 e. The topological polar surface area (TPSA) is 191 Å². The van der Waals surface area contributed by atoms with Crippen molar-refractivity contribution in [3.63, 3.8) is 0 Å². The van der Waals surface area contributed by atoms with Crippen molar-refractivity contribution >= 4 is 35.5 Å². The summed E-state index contributed by atoms with van der Waals surface area (Å²) >= 11 is 0. The fourth-order valence-electron chi connectivity index (χ4n) is 1.53. The summed E-state index contributed by atoms with van der Waals surface area (Å²) in [7, 11) is 1.62. The molecule has 1 aromatic carbocycles. The van der Waals surface area contributed by atoms with E-state index in [0.29, 0.717) is 6.54 Å². The van der Waals surface area contributed by atoms with E-state index >= 15 is 0 Å². The number of carbonyl (C=O) groups is 5. The summed E-state index contributed by atoms with van der Waals surface area (Å²) in [6.45, 7) is 6.28. The number of aliphatic carboxylic acids is 4. The minimum atomic E-state index is -1.82. The van der Waals surface area contributed by atoms with Crippen molar-refractivity contribution in [2.75, 3.05) is 32.1 Å². The first-order valence-corrected chi connectivity index (χ1v) is 8.07. The van der Waals surface area contributed by atoms with Gasteiger partial charge in [-0.2, -0.15) is 0 Å². The summed E-state index contributed by atoms with van der Waals surface area (Å²) in [4.78, 5) is 50.2. The Bertz CT molecular complexity index is 636. The standard InChI is InChI=1S/C13H20N2O2.2C2H2O4/c1-4-15(5-2)10-13(16)14-11-6-8-12(17-3)9-7-11;2*3-1(4)2(5)6/h6-9H,4-5,10H2,1-3H3,(H,14,16);2*(H,3,4)(H,5,6). The van der Waals surface area contributed by atoms with Crippen molar-refractivity contribution in [2.45, 2.75) is 13.8 Å². The molecular formula is C17H24N2O10. The Morgan fingerprint density at radius 3 is 1.48 bits per heavy atom. The molecule has 0 saturated carbocycles. The third kappa shape index (κ3) is 15.1. The molecule has 0 bridgehead atoms. The molecule has 0 aliphatic heterocycles. The second kappa shape index (κ2) is 15.4. The van der Waals surface area contributed by atoms with E-state index in [4.69, 9.17) is 44.3 Å². The van der Waals surface area contributed by atoms with Gasteiger partial charge in [-0.3, -0.25) is 9.69 Å². The van der Waals surface area contributed by atoms with Crippen LogP contribution in [0.1, 0.15) is 13.8 Å². The molecule has 0 heterocycles. The lowest BCUT2D eigenvalue weighted by Crippen LogP contribution is -2.32. The lowest BCUT2D eigenvalue weighted by atomic mass is 10.3. The predicted octanol–water partition coefficient (Wildman–Crippen LogP) is 0.287. The van der Waals surface area contributed by atoms with Crippen LogP contribution in [0.15, 0.2) is 24.3 Å². The number of amides is 1. The van der Waals surface area contributed by atoms with Crippen LogP contribution < -0.4 is 10.1 Å². The number of carbonyl (C=O) groups excluding carboxylic acids is 1. The van der Waals surface area contributed by atoms with Crippen LogP contribution in [0, 0.1) is 0 Å². The zero-order valence-corrected chi connectivity index (χ0v) is 16.1. The average molecular weight is 416 g/mol. The molecule has 0 aromatic heterocycles. The Balaban J connectivity index is 0. The molecule has 0 spiro atoms. The van der Waals surface area contributed by atoms with Gasteiger partial charge in [0.25, 0.3) is 0 Å². The highest BCUT2D eigenvalue weighted by Crippen LogP contribution is 2.14. The molecule has 5 N–H and O–H groups in total. The van der Waals surface area contributed by atoms with Gasteiger partial charge in [0.1, 0.15) is 5.75 Å². The third-order valence-corrected chi connectivity index (χ3v) is 3.00. The molecule has 1 amide bonds. The number of benzene rings is 1. The molecule has 0 aliphatic carbocycles. The second-order valence-electron chi connectivity index (χ2n) is 4.96. The zero-order valence-electron chi connectivity index (χ0n) is 16.1. The quantitative estimate of drug-likeness (QED) is 0.400. The number of carboxylic acids is 4. The Hall–Kier alpha value is -3.67. The minimum absolute atomic E-state index is 0.0128. The molecule has 1 aromatic rings. The van der Waals surface area contributed by atoms with Gasteiger partial charge in [-0.15, -0.1) is 0 Å². The first-order chi connectivity index (χ1) is 13.5. The summed E-state index contributed by atoms with van der Waals surface area (Å²) in [6, 6.07) is 7.32. The Morgan fingerprint density at radius 1 is 0.828 bits per heavy atom. The van der Waals surface area contributed by atoms with Gasteiger partial charge in [0.15, 0.2) is 0 Å². The maximum Gasteiger partial charge on any atom is 0.414 e. The van der Waals surface area contributed by atoms with Crippen LogP contribution in [0.2, 0.25) is 0 Å².